The molecule has 0 saturated heterocycles. The molecule has 0 atom stereocenters. The van der Waals surface area contributed by atoms with Gasteiger partial charge in [0.2, 0.25) is 0 Å². The van der Waals surface area contributed by atoms with E-state index in [0.717, 1.165) is 0 Å². The van der Waals surface area contributed by atoms with Crippen molar-refractivity contribution in [3.8, 4) is 11.3 Å². The van der Waals surface area contributed by atoms with Crippen LogP contribution in [-0.4, -0.2) is 44.8 Å². The third kappa shape index (κ3) is 3.90. The Morgan fingerprint density at radius 1 is 1.35 bits per heavy atom. The first-order valence-electron chi connectivity index (χ1n) is 7.23. The number of carbonyl (C=O) groups is 2. The molecule has 1 aromatic heterocycles. The van der Waals surface area contributed by atoms with Crippen molar-refractivity contribution in [3.63, 3.8) is 0 Å². The molecule has 1 aromatic carbocycles. The standard InChI is InChI=1S/C16H18ClN3O3/c1-3-20(9-8-14(21)22)16(23)12-10-19(2)18-15(12)11-6-4-5-7-13(11)17/h4-7,10H,3,8-9H2,1-2H3,(H,21,22). The van der Waals surface area contributed by atoms with Crippen molar-refractivity contribution in [1.82, 2.24) is 14.7 Å². The van der Waals surface area contributed by atoms with Crippen LogP contribution >= 0.6 is 11.6 Å². The molecule has 1 heterocycles. The summed E-state index contributed by atoms with van der Waals surface area (Å²) in [5, 5.41) is 13.7. The van der Waals surface area contributed by atoms with E-state index in [0.29, 0.717) is 28.4 Å². The number of aryl methyl sites for hydroxylation is 1. The van der Waals surface area contributed by atoms with Gasteiger partial charge in [0.15, 0.2) is 0 Å². The van der Waals surface area contributed by atoms with E-state index in [1.165, 1.54) is 4.90 Å². The number of rotatable bonds is 6. The molecule has 1 amide bonds. The first-order valence-corrected chi connectivity index (χ1v) is 7.61. The molecule has 2 aromatic rings. The van der Waals surface area contributed by atoms with E-state index in [4.69, 9.17) is 16.7 Å². The summed E-state index contributed by atoms with van der Waals surface area (Å²) < 4.78 is 1.55. The highest BCUT2D eigenvalue weighted by Crippen LogP contribution is 2.29. The van der Waals surface area contributed by atoms with Gasteiger partial charge in [-0.05, 0) is 13.0 Å². The molecule has 0 saturated carbocycles. The number of hydrogen-bond acceptors (Lipinski definition) is 3. The number of carbonyl (C=O) groups excluding carboxylic acids is 1. The number of hydrogen-bond donors (Lipinski definition) is 1. The maximum atomic E-state index is 12.7. The highest BCUT2D eigenvalue weighted by molar-refractivity contribution is 6.33. The van der Waals surface area contributed by atoms with Crippen molar-refractivity contribution >= 4 is 23.5 Å². The first-order chi connectivity index (χ1) is 10.9. The van der Waals surface area contributed by atoms with Crippen LogP contribution in [0.5, 0.6) is 0 Å². The summed E-state index contributed by atoms with van der Waals surface area (Å²) >= 11 is 6.21. The number of benzene rings is 1. The number of halogens is 1. The summed E-state index contributed by atoms with van der Waals surface area (Å²) in [4.78, 5) is 25.0. The van der Waals surface area contributed by atoms with E-state index in [2.05, 4.69) is 5.10 Å². The van der Waals surface area contributed by atoms with Crippen LogP contribution in [0.25, 0.3) is 11.3 Å². The molecule has 0 aliphatic rings. The Labute approximate surface area is 139 Å². The van der Waals surface area contributed by atoms with Gasteiger partial charge in [-0.2, -0.15) is 5.10 Å². The Kier molecular flexibility index (Phi) is 5.39. The maximum Gasteiger partial charge on any atom is 0.305 e. The van der Waals surface area contributed by atoms with E-state index < -0.39 is 5.97 Å². The average Bonchev–Trinajstić information content (AvgIpc) is 2.89. The largest absolute Gasteiger partial charge is 0.481 e. The van der Waals surface area contributed by atoms with Gasteiger partial charge in [0.05, 0.1) is 17.0 Å². The summed E-state index contributed by atoms with van der Waals surface area (Å²) in [5.74, 6) is -1.19. The molecule has 6 nitrogen and oxygen atoms in total. The van der Waals surface area contributed by atoms with Gasteiger partial charge in [-0.3, -0.25) is 14.3 Å². The van der Waals surface area contributed by atoms with E-state index in [1.54, 1.807) is 30.1 Å². The Morgan fingerprint density at radius 3 is 2.65 bits per heavy atom. The molecule has 122 valence electrons. The fourth-order valence-electron chi connectivity index (χ4n) is 2.30. The monoisotopic (exact) mass is 335 g/mol. The third-order valence-electron chi connectivity index (χ3n) is 3.45. The molecule has 7 heteroatoms. The number of aliphatic carboxylic acids is 1. The molecule has 2 rings (SSSR count). The second-order valence-corrected chi connectivity index (χ2v) is 5.48. The van der Waals surface area contributed by atoms with Gasteiger partial charge in [-0.15, -0.1) is 0 Å². The van der Waals surface area contributed by atoms with E-state index in [-0.39, 0.29) is 18.9 Å². The normalized spacial score (nSPS) is 10.6. The fourth-order valence-corrected chi connectivity index (χ4v) is 2.53. The van der Waals surface area contributed by atoms with Gasteiger partial charge in [0.1, 0.15) is 5.69 Å². The molecule has 0 fully saturated rings. The second-order valence-electron chi connectivity index (χ2n) is 5.07. The summed E-state index contributed by atoms with van der Waals surface area (Å²) in [5.41, 5.74) is 1.58. The number of amides is 1. The van der Waals surface area contributed by atoms with Gasteiger partial charge in [0.25, 0.3) is 5.91 Å². The Morgan fingerprint density at radius 2 is 2.04 bits per heavy atom. The van der Waals surface area contributed by atoms with Crippen LogP contribution in [0, 0.1) is 0 Å². The van der Waals surface area contributed by atoms with Crippen molar-refractivity contribution in [2.45, 2.75) is 13.3 Å². The number of nitrogens with zero attached hydrogens (tertiary/aromatic N) is 3. The molecule has 0 unspecified atom stereocenters. The van der Waals surface area contributed by atoms with E-state index in [1.807, 2.05) is 19.1 Å². The van der Waals surface area contributed by atoms with Crippen molar-refractivity contribution in [1.29, 1.82) is 0 Å². The summed E-state index contributed by atoms with van der Waals surface area (Å²) in [7, 11) is 1.73. The summed E-state index contributed by atoms with van der Waals surface area (Å²) in [6.45, 7) is 2.38. The molecular formula is C16H18ClN3O3. The Bertz CT molecular complexity index is 727. The van der Waals surface area contributed by atoms with Gasteiger partial charge in [-0.1, -0.05) is 29.8 Å². The molecular weight excluding hydrogens is 318 g/mol. The minimum atomic E-state index is -0.936. The molecule has 1 N–H and O–H groups in total. The lowest BCUT2D eigenvalue weighted by molar-refractivity contribution is -0.137. The minimum absolute atomic E-state index is 0.0960. The SMILES string of the molecule is CCN(CCC(=O)O)C(=O)c1cn(C)nc1-c1ccccc1Cl. The van der Waals surface area contributed by atoms with Crippen LogP contribution in [0.3, 0.4) is 0 Å². The number of aromatic nitrogens is 2. The van der Waals surface area contributed by atoms with Crippen LogP contribution in [0.1, 0.15) is 23.7 Å². The van der Waals surface area contributed by atoms with Gasteiger partial charge in [0, 0.05) is 31.9 Å². The van der Waals surface area contributed by atoms with Crippen LogP contribution in [0.15, 0.2) is 30.5 Å². The zero-order chi connectivity index (χ0) is 17.0. The molecule has 23 heavy (non-hydrogen) atoms. The van der Waals surface area contributed by atoms with Gasteiger partial charge >= 0.3 is 5.97 Å². The fraction of sp³-hybridized carbons (Fsp3) is 0.312. The van der Waals surface area contributed by atoms with Crippen molar-refractivity contribution in [2.75, 3.05) is 13.1 Å². The molecule has 0 aliphatic carbocycles. The van der Waals surface area contributed by atoms with Crippen LogP contribution in [0.2, 0.25) is 5.02 Å². The van der Waals surface area contributed by atoms with Crippen molar-refractivity contribution in [3.05, 3.63) is 41.0 Å². The lowest BCUT2D eigenvalue weighted by Crippen LogP contribution is -2.33. The Hall–Kier alpha value is -2.34. The van der Waals surface area contributed by atoms with Crippen LogP contribution < -0.4 is 0 Å². The topological polar surface area (TPSA) is 75.4 Å². The lowest BCUT2D eigenvalue weighted by atomic mass is 10.1. The predicted octanol–water partition coefficient (Wildman–Crippen LogP) is 2.68. The van der Waals surface area contributed by atoms with E-state index in [9.17, 15) is 9.59 Å². The van der Waals surface area contributed by atoms with Gasteiger partial charge in [-0.25, -0.2) is 0 Å². The van der Waals surface area contributed by atoms with Gasteiger partial charge < -0.3 is 10.0 Å². The Balaban J connectivity index is 2.38. The van der Waals surface area contributed by atoms with Crippen molar-refractivity contribution < 1.29 is 14.7 Å². The molecule has 0 aliphatic heterocycles. The summed E-state index contributed by atoms with van der Waals surface area (Å²) in [6, 6.07) is 7.17. The molecule has 0 radical (unpaired) electrons. The molecule has 0 spiro atoms. The van der Waals surface area contributed by atoms with Crippen molar-refractivity contribution in [2.24, 2.45) is 7.05 Å². The zero-order valence-electron chi connectivity index (χ0n) is 13.0. The average molecular weight is 336 g/mol. The van der Waals surface area contributed by atoms with E-state index >= 15 is 0 Å². The predicted molar refractivity (Wildman–Crippen MR) is 87.5 cm³/mol. The second kappa shape index (κ2) is 7.28. The number of carboxylic acids is 1. The minimum Gasteiger partial charge on any atom is -0.481 e. The first kappa shape index (κ1) is 17.0. The van der Waals surface area contributed by atoms with Crippen LogP contribution in [0.4, 0.5) is 0 Å². The zero-order valence-corrected chi connectivity index (χ0v) is 13.7. The number of carboxylic acid groups (broad SMARTS) is 1. The highest BCUT2D eigenvalue weighted by atomic mass is 35.5. The summed E-state index contributed by atoms with van der Waals surface area (Å²) in [6.07, 6.45) is 1.53. The smallest absolute Gasteiger partial charge is 0.305 e. The third-order valence-corrected chi connectivity index (χ3v) is 3.78. The maximum absolute atomic E-state index is 12.7. The molecule has 0 bridgehead atoms. The highest BCUT2D eigenvalue weighted by Gasteiger charge is 2.23. The quantitative estimate of drug-likeness (QED) is 0.880. The van der Waals surface area contributed by atoms with Crippen LogP contribution in [-0.2, 0) is 11.8 Å². The lowest BCUT2D eigenvalue weighted by Gasteiger charge is -2.19.